The maximum Gasteiger partial charge on any atom is 0.323 e. The number of rotatable bonds is 5. The molecule has 2 aromatic heterocycles. The Hall–Kier alpha value is -2.75. The van der Waals surface area contributed by atoms with Gasteiger partial charge in [-0.05, 0) is 37.6 Å². The number of benzene rings is 1. The smallest absolute Gasteiger partial charge is 0.323 e. The summed E-state index contributed by atoms with van der Waals surface area (Å²) in [5, 5.41) is 11.2. The largest absolute Gasteiger partial charge is 0.381 e. The first-order valence-corrected chi connectivity index (χ1v) is 10.9. The summed E-state index contributed by atoms with van der Waals surface area (Å²) in [6, 6.07) is 4.86. The lowest BCUT2D eigenvalue weighted by atomic mass is 10.1. The lowest BCUT2D eigenvalue weighted by Gasteiger charge is -2.23. The molecule has 1 aliphatic heterocycles. The average Bonchev–Trinajstić information content (AvgIpc) is 3.33. The van der Waals surface area contributed by atoms with E-state index < -0.39 is 11.8 Å². The van der Waals surface area contributed by atoms with Crippen molar-refractivity contribution in [3.05, 3.63) is 57.8 Å². The zero-order valence-corrected chi connectivity index (χ0v) is 18.6. The van der Waals surface area contributed by atoms with Gasteiger partial charge in [-0.3, -0.25) is 4.79 Å². The van der Waals surface area contributed by atoms with Crippen molar-refractivity contribution in [2.24, 2.45) is 5.92 Å². The second kappa shape index (κ2) is 10.5. The summed E-state index contributed by atoms with van der Waals surface area (Å²) in [6.07, 6.45) is 4.37. The normalized spacial score (nSPS) is 13.0. The first-order chi connectivity index (χ1) is 14.9. The Balaban J connectivity index is 0.000000391. The maximum atomic E-state index is 13.0. The number of carbonyl (C=O) groups excluding carboxylic acids is 2. The Kier molecular flexibility index (Phi) is 7.78. The number of thiophene rings is 1. The van der Waals surface area contributed by atoms with Gasteiger partial charge in [-0.2, -0.15) is 5.10 Å². The first-order valence-electron chi connectivity index (χ1n) is 9.61. The molecule has 0 spiro atoms. The van der Waals surface area contributed by atoms with Crippen molar-refractivity contribution < 1.29 is 18.7 Å². The molecular weight excluding hydrogens is 443 g/mol. The molecule has 10 heteroatoms. The third kappa shape index (κ3) is 6.36. The fourth-order valence-corrected chi connectivity index (χ4v) is 3.55. The molecule has 0 unspecified atom stereocenters. The predicted molar refractivity (Wildman–Crippen MR) is 120 cm³/mol. The van der Waals surface area contributed by atoms with Crippen molar-refractivity contribution in [1.29, 1.82) is 0 Å². The van der Waals surface area contributed by atoms with Crippen LogP contribution in [0.15, 0.2) is 42.0 Å². The van der Waals surface area contributed by atoms with Gasteiger partial charge in [-0.1, -0.05) is 18.5 Å². The van der Waals surface area contributed by atoms with Crippen LogP contribution in [0, 0.1) is 11.7 Å². The number of amides is 2. The van der Waals surface area contributed by atoms with Crippen LogP contribution in [0.1, 0.15) is 29.9 Å². The molecule has 0 bridgehead atoms. The van der Waals surface area contributed by atoms with Crippen LogP contribution in [0.25, 0.3) is 5.69 Å². The van der Waals surface area contributed by atoms with Crippen LogP contribution in [-0.2, 0) is 4.74 Å². The zero-order valence-electron chi connectivity index (χ0n) is 17.0. The molecule has 2 amide bonds. The molecule has 164 valence electrons. The first kappa shape index (κ1) is 22.9. The van der Waals surface area contributed by atoms with E-state index in [2.05, 4.69) is 22.7 Å². The summed E-state index contributed by atoms with van der Waals surface area (Å²) in [5.41, 5.74) is 1.47. The van der Waals surface area contributed by atoms with Crippen molar-refractivity contribution in [2.75, 3.05) is 23.8 Å². The van der Waals surface area contributed by atoms with Crippen molar-refractivity contribution in [1.82, 2.24) is 9.78 Å². The van der Waals surface area contributed by atoms with E-state index in [1.54, 1.807) is 22.3 Å². The highest BCUT2D eigenvalue weighted by Crippen LogP contribution is 2.23. The summed E-state index contributed by atoms with van der Waals surface area (Å²) in [4.78, 5) is 24.0. The molecule has 1 fully saturated rings. The van der Waals surface area contributed by atoms with Gasteiger partial charge in [-0.25, -0.2) is 13.9 Å². The van der Waals surface area contributed by atoms with Crippen molar-refractivity contribution in [2.45, 2.75) is 20.3 Å². The number of aromatic nitrogens is 2. The van der Waals surface area contributed by atoms with Gasteiger partial charge >= 0.3 is 6.03 Å². The highest BCUT2D eigenvalue weighted by molar-refractivity contribution is 7.12. The Morgan fingerprint density at radius 2 is 2.10 bits per heavy atom. The van der Waals surface area contributed by atoms with Crippen LogP contribution in [0.5, 0.6) is 0 Å². The zero-order chi connectivity index (χ0) is 22.4. The second-order valence-corrected chi connectivity index (χ2v) is 8.23. The molecule has 2 N–H and O–H groups in total. The van der Waals surface area contributed by atoms with E-state index >= 15 is 0 Å². The molecule has 0 radical (unpaired) electrons. The number of carbonyl (C=O) groups is 2. The number of urea groups is 1. The van der Waals surface area contributed by atoms with E-state index in [1.165, 1.54) is 43.0 Å². The Labute approximate surface area is 188 Å². The molecule has 1 aliphatic rings. The van der Waals surface area contributed by atoms with E-state index in [0.29, 0.717) is 10.6 Å². The number of hydrogen-bond acceptors (Lipinski definition) is 5. The summed E-state index contributed by atoms with van der Waals surface area (Å²) in [5.74, 6) is 0.389. The van der Waals surface area contributed by atoms with Crippen LogP contribution in [0.3, 0.4) is 0 Å². The number of ketones is 1. The molecule has 1 saturated heterocycles. The van der Waals surface area contributed by atoms with Crippen molar-refractivity contribution >= 4 is 46.1 Å². The molecule has 31 heavy (non-hydrogen) atoms. The standard InChI is InChI=1S/C16H12ClFN4O2S.C5H10O/c1-9(23)15-5-12(8-25-15)22-7-11(6-19-22)20-16(24)21-14-3-2-10(18)4-13(14)17;1-2-5-3-6-4-5/h2-8H,1H3,(H2,20,21,24);5H,2-4H2,1H3. The Bertz CT molecular complexity index is 1060. The quantitative estimate of drug-likeness (QED) is 0.480. The summed E-state index contributed by atoms with van der Waals surface area (Å²) >= 11 is 7.19. The third-order valence-corrected chi connectivity index (χ3v) is 5.83. The number of nitrogens with one attached hydrogen (secondary N) is 2. The minimum absolute atomic E-state index is 0.0164. The van der Waals surface area contributed by atoms with E-state index in [0.717, 1.165) is 30.9 Å². The van der Waals surface area contributed by atoms with Gasteiger partial charge in [0.05, 0.1) is 52.6 Å². The lowest BCUT2D eigenvalue weighted by Crippen LogP contribution is -2.26. The monoisotopic (exact) mass is 464 g/mol. The molecule has 3 aromatic rings. The van der Waals surface area contributed by atoms with Crippen LogP contribution in [-0.4, -0.2) is 34.8 Å². The van der Waals surface area contributed by atoms with Gasteiger partial charge in [-0.15, -0.1) is 11.3 Å². The molecule has 3 heterocycles. The summed E-state index contributed by atoms with van der Waals surface area (Å²) in [6.45, 7) is 5.72. The fraction of sp³-hybridized carbons (Fsp3) is 0.286. The molecule has 4 rings (SSSR count). The van der Waals surface area contributed by atoms with Gasteiger partial charge in [0.1, 0.15) is 5.82 Å². The number of nitrogens with zero attached hydrogens (tertiary/aromatic N) is 2. The molecule has 0 saturated carbocycles. The summed E-state index contributed by atoms with van der Waals surface area (Å²) in [7, 11) is 0. The maximum absolute atomic E-state index is 13.0. The van der Waals surface area contributed by atoms with Crippen molar-refractivity contribution in [3.63, 3.8) is 0 Å². The fourth-order valence-electron chi connectivity index (χ4n) is 2.56. The van der Waals surface area contributed by atoms with Gasteiger partial charge in [0.2, 0.25) is 0 Å². The number of halogens is 2. The van der Waals surface area contributed by atoms with Gasteiger partial charge < -0.3 is 15.4 Å². The highest BCUT2D eigenvalue weighted by Gasteiger charge is 2.14. The minimum atomic E-state index is -0.539. The van der Waals surface area contributed by atoms with Crippen LogP contribution in [0.2, 0.25) is 5.02 Å². The Morgan fingerprint density at radius 1 is 1.32 bits per heavy atom. The predicted octanol–water partition coefficient (Wildman–Crippen LogP) is 5.62. The van der Waals surface area contributed by atoms with E-state index in [1.807, 2.05) is 0 Å². The SMILES string of the molecule is CC(=O)c1cc(-n2cc(NC(=O)Nc3ccc(F)cc3Cl)cn2)cs1.CCC1COC1. The number of hydrogen-bond donors (Lipinski definition) is 2. The number of Topliss-reactive ketones (excluding diaryl/α,β-unsaturated/α-hetero) is 1. The van der Waals surface area contributed by atoms with Crippen LogP contribution in [0.4, 0.5) is 20.6 Å². The third-order valence-electron chi connectivity index (χ3n) is 4.50. The van der Waals surface area contributed by atoms with Gasteiger partial charge in [0, 0.05) is 11.3 Å². The van der Waals surface area contributed by atoms with Crippen LogP contribution < -0.4 is 10.6 Å². The second-order valence-electron chi connectivity index (χ2n) is 6.91. The lowest BCUT2D eigenvalue weighted by molar-refractivity contribution is -0.0331. The average molecular weight is 465 g/mol. The molecular formula is C21H22ClFN4O3S. The van der Waals surface area contributed by atoms with E-state index in [-0.39, 0.29) is 16.5 Å². The number of ether oxygens (including phenoxy) is 1. The molecule has 0 aliphatic carbocycles. The van der Waals surface area contributed by atoms with E-state index in [9.17, 15) is 14.0 Å². The van der Waals surface area contributed by atoms with Gasteiger partial charge in [0.15, 0.2) is 5.78 Å². The highest BCUT2D eigenvalue weighted by atomic mass is 35.5. The minimum Gasteiger partial charge on any atom is -0.381 e. The Morgan fingerprint density at radius 3 is 2.65 bits per heavy atom. The molecule has 7 nitrogen and oxygen atoms in total. The summed E-state index contributed by atoms with van der Waals surface area (Å²) < 4.78 is 19.5. The van der Waals surface area contributed by atoms with E-state index in [4.69, 9.17) is 16.3 Å². The van der Waals surface area contributed by atoms with Crippen molar-refractivity contribution in [3.8, 4) is 5.69 Å². The topological polar surface area (TPSA) is 85.3 Å². The molecule has 0 atom stereocenters. The van der Waals surface area contributed by atoms with Crippen LogP contribution >= 0.6 is 22.9 Å². The molecule has 1 aromatic carbocycles. The number of anilines is 2. The van der Waals surface area contributed by atoms with Gasteiger partial charge in [0.25, 0.3) is 0 Å².